The molecule has 0 bridgehead atoms. The zero-order valence-electron chi connectivity index (χ0n) is 11.8. The highest BCUT2D eigenvalue weighted by molar-refractivity contribution is 9.10. The van der Waals surface area contributed by atoms with Crippen LogP contribution in [0, 0.1) is 11.7 Å². The molecule has 0 heterocycles. The Balaban J connectivity index is 2.05. The highest BCUT2D eigenvalue weighted by Crippen LogP contribution is 2.30. The summed E-state index contributed by atoms with van der Waals surface area (Å²) in [6.07, 6.45) is 6.54. The summed E-state index contributed by atoms with van der Waals surface area (Å²) in [6, 6.07) is 5.82. The molecule has 1 aromatic carbocycles. The fourth-order valence-electron chi connectivity index (χ4n) is 3.18. The molecule has 3 unspecified atom stereocenters. The minimum Gasteiger partial charge on any atom is -0.307 e. The molecular weight excluding hydrogens is 305 g/mol. The normalized spacial score (nSPS) is 25.3. The Morgan fingerprint density at radius 2 is 2.11 bits per heavy atom. The van der Waals surface area contributed by atoms with Gasteiger partial charge in [-0.2, -0.15) is 0 Å². The van der Waals surface area contributed by atoms with Gasteiger partial charge in [0.1, 0.15) is 5.82 Å². The van der Waals surface area contributed by atoms with Crippen LogP contribution in [0.2, 0.25) is 0 Å². The summed E-state index contributed by atoms with van der Waals surface area (Å²) in [5.74, 6) is 0.599. The van der Waals surface area contributed by atoms with Crippen molar-refractivity contribution >= 4 is 15.9 Å². The molecule has 1 aliphatic rings. The molecule has 0 radical (unpaired) electrons. The van der Waals surface area contributed by atoms with Crippen molar-refractivity contribution in [3.63, 3.8) is 0 Å². The summed E-state index contributed by atoms with van der Waals surface area (Å²) in [4.78, 5) is 0. The van der Waals surface area contributed by atoms with Gasteiger partial charge in [-0.05, 0) is 43.4 Å². The quantitative estimate of drug-likeness (QED) is 0.800. The van der Waals surface area contributed by atoms with Crippen LogP contribution < -0.4 is 5.32 Å². The summed E-state index contributed by atoms with van der Waals surface area (Å²) in [5.41, 5.74) is 1.14. The molecule has 106 valence electrons. The van der Waals surface area contributed by atoms with Gasteiger partial charge in [0.05, 0.1) is 0 Å². The molecule has 1 nitrogen and oxygen atoms in total. The van der Waals surface area contributed by atoms with Gasteiger partial charge >= 0.3 is 0 Å². The first kappa shape index (κ1) is 15.0. The minimum absolute atomic E-state index is 0.188. The fourth-order valence-corrected chi connectivity index (χ4v) is 3.87. The molecule has 3 heteroatoms. The molecule has 1 fully saturated rings. The lowest BCUT2D eigenvalue weighted by Crippen LogP contribution is -2.39. The number of nitrogens with one attached hydrogen (secondary N) is 1. The van der Waals surface area contributed by atoms with Gasteiger partial charge in [0.15, 0.2) is 0 Å². The number of rotatable bonds is 4. The standard InChI is InChI=1S/C16H23BrFN/c1-3-12-6-4-5-7-16(12)19-11(2)14-9-8-13(18)10-15(14)17/h8-12,16,19H,3-7H2,1-2H3. The number of benzene rings is 1. The molecular formula is C16H23BrFN. The lowest BCUT2D eigenvalue weighted by atomic mass is 9.82. The predicted octanol–water partition coefficient (Wildman–Crippen LogP) is 5.21. The second kappa shape index (κ2) is 6.85. The van der Waals surface area contributed by atoms with Crippen molar-refractivity contribution in [2.45, 2.75) is 58.0 Å². The average molecular weight is 328 g/mol. The van der Waals surface area contributed by atoms with Crippen molar-refractivity contribution in [3.8, 4) is 0 Å². The maximum atomic E-state index is 13.1. The van der Waals surface area contributed by atoms with Crippen molar-refractivity contribution in [2.75, 3.05) is 0 Å². The summed E-state index contributed by atoms with van der Waals surface area (Å²) >= 11 is 3.46. The third kappa shape index (κ3) is 3.79. The van der Waals surface area contributed by atoms with Gasteiger partial charge in [-0.15, -0.1) is 0 Å². The monoisotopic (exact) mass is 327 g/mol. The van der Waals surface area contributed by atoms with E-state index in [-0.39, 0.29) is 11.9 Å². The van der Waals surface area contributed by atoms with Gasteiger partial charge < -0.3 is 5.32 Å². The van der Waals surface area contributed by atoms with Gasteiger partial charge in [0.2, 0.25) is 0 Å². The smallest absolute Gasteiger partial charge is 0.124 e. The molecule has 3 atom stereocenters. The van der Waals surface area contributed by atoms with E-state index in [9.17, 15) is 4.39 Å². The van der Waals surface area contributed by atoms with Gasteiger partial charge in [-0.25, -0.2) is 4.39 Å². The molecule has 1 saturated carbocycles. The van der Waals surface area contributed by atoms with Crippen LogP contribution in [0.25, 0.3) is 0 Å². The molecule has 0 spiro atoms. The van der Waals surface area contributed by atoms with E-state index in [0.29, 0.717) is 6.04 Å². The van der Waals surface area contributed by atoms with E-state index in [0.717, 1.165) is 16.0 Å². The summed E-state index contributed by atoms with van der Waals surface area (Å²) < 4.78 is 14.0. The lowest BCUT2D eigenvalue weighted by molar-refractivity contribution is 0.240. The van der Waals surface area contributed by atoms with Crippen molar-refractivity contribution < 1.29 is 4.39 Å². The average Bonchev–Trinajstić information content (AvgIpc) is 2.39. The van der Waals surface area contributed by atoms with Gasteiger partial charge in [-0.1, -0.05) is 48.2 Å². The molecule has 2 rings (SSSR count). The van der Waals surface area contributed by atoms with Crippen molar-refractivity contribution in [3.05, 3.63) is 34.1 Å². The van der Waals surface area contributed by atoms with Crippen LogP contribution in [0.5, 0.6) is 0 Å². The van der Waals surface area contributed by atoms with Crippen LogP contribution >= 0.6 is 15.9 Å². The topological polar surface area (TPSA) is 12.0 Å². The highest BCUT2D eigenvalue weighted by Gasteiger charge is 2.25. The number of hydrogen-bond acceptors (Lipinski definition) is 1. The molecule has 0 amide bonds. The second-order valence-electron chi connectivity index (χ2n) is 5.61. The Kier molecular flexibility index (Phi) is 5.40. The molecule has 0 saturated heterocycles. The Labute approximate surface area is 124 Å². The highest BCUT2D eigenvalue weighted by atomic mass is 79.9. The molecule has 1 aliphatic carbocycles. The van der Waals surface area contributed by atoms with Gasteiger partial charge in [-0.3, -0.25) is 0 Å². The molecule has 19 heavy (non-hydrogen) atoms. The fraction of sp³-hybridized carbons (Fsp3) is 0.625. The first-order chi connectivity index (χ1) is 9.11. The first-order valence-electron chi connectivity index (χ1n) is 7.32. The summed E-state index contributed by atoms with van der Waals surface area (Å²) in [6.45, 7) is 4.45. The lowest BCUT2D eigenvalue weighted by Gasteiger charge is -2.34. The van der Waals surface area contributed by atoms with E-state index in [1.807, 2.05) is 6.07 Å². The Morgan fingerprint density at radius 3 is 2.79 bits per heavy atom. The SMILES string of the molecule is CCC1CCCCC1NC(C)c1ccc(F)cc1Br. The van der Waals surface area contributed by atoms with E-state index < -0.39 is 0 Å². The minimum atomic E-state index is -0.188. The van der Waals surface area contributed by atoms with Crippen LogP contribution in [0.3, 0.4) is 0 Å². The van der Waals surface area contributed by atoms with Crippen molar-refractivity contribution in [1.82, 2.24) is 5.32 Å². The van der Waals surface area contributed by atoms with Crippen molar-refractivity contribution in [2.24, 2.45) is 5.92 Å². The zero-order chi connectivity index (χ0) is 13.8. The maximum absolute atomic E-state index is 13.1. The zero-order valence-corrected chi connectivity index (χ0v) is 13.3. The van der Waals surface area contributed by atoms with Crippen LogP contribution in [-0.2, 0) is 0 Å². The van der Waals surface area contributed by atoms with E-state index >= 15 is 0 Å². The number of halogens is 2. The second-order valence-corrected chi connectivity index (χ2v) is 6.47. The van der Waals surface area contributed by atoms with Crippen LogP contribution in [0.1, 0.15) is 57.6 Å². The maximum Gasteiger partial charge on any atom is 0.124 e. The third-order valence-electron chi connectivity index (χ3n) is 4.33. The molecule has 1 N–H and O–H groups in total. The van der Waals surface area contributed by atoms with E-state index in [4.69, 9.17) is 0 Å². The van der Waals surface area contributed by atoms with E-state index in [2.05, 4.69) is 35.1 Å². The third-order valence-corrected chi connectivity index (χ3v) is 5.01. The molecule has 1 aromatic rings. The summed E-state index contributed by atoms with van der Waals surface area (Å²) in [5, 5.41) is 3.74. The Hall–Kier alpha value is -0.410. The van der Waals surface area contributed by atoms with Crippen LogP contribution in [-0.4, -0.2) is 6.04 Å². The molecule has 0 aliphatic heterocycles. The van der Waals surface area contributed by atoms with Gasteiger partial charge in [0.25, 0.3) is 0 Å². The van der Waals surface area contributed by atoms with Crippen LogP contribution in [0.4, 0.5) is 4.39 Å². The first-order valence-corrected chi connectivity index (χ1v) is 8.12. The summed E-state index contributed by atoms with van der Waals surface area (Å²) in [7, 11) is 0. The van der Waals surface area contributed by atoms with Crippen molar-refractivity contribution in [1.29, 1.82) is 0 Å². The van der Waals surface area contributed by atoms with Gasteiger partial charge in [0, 0.05) is 16.6 Å². The molecule has 0 aromatic heterocycles. The van der Waals surface area contributed by atoms with Crippen LogP contribution in [0.15, 0.2) is 22.7 Å². The predicted molar refractivity (Wildman–Crippen MR) is 81.7 cm³/mol. The van der Waals surface area contributed by atoms with E-state index in [1.54, 1.807) is 6.07 Å². The number of hydrogen-bond donors (Lipinski definition) is 1. The Morgan fingerprint density at radius 1 is 1.37 bits per heavy atom. The van der Waals surface area contributed by atoms with E-state index in [1.165, 1.54) is 38.2 Å². The Bertz CT molecular complexity index is 421. The largest absolute Gasteiger partial charge is 0.307 e.